The molecule has 0 aliphatic carbocycles. The van der Waals surface area contributed by atoms with Crippen molar-refractivity contribution in [1.29, 1.82) is 0 Å². The van der Waals surface area contributed by atoms with E-state index < -0.39 is 97.5 Å². The largest absolute Gasteiger partial charge is 0.472 e. The van der Waals surface area contributed by atoms with Crippen molar-refractivity contribution in [1.82, 2.24) is 0 Å². The number of carbonyl (C=O) groups is 4. The number of aliphatic hydroxyl groups excluding tert-OH is 1. The van der Waals surface area contributed by atoms with Crippen molar-refractivity contribution < 1.29 is 80.2 Å². The molecule has 0 fully saturated rings. The maximum absolute atomic E-state index is 13.1. The lowest BCUT2D eigenvalue weighted by Crippen LogP contribution is -2.30. The summed E-state index contributed by atoms with van der Waals surface area (Å²) in [7, 11) is -9.94. The van der Waals surface area contributed by atoms with Gasteiger partial charge in [-0.1, -0.05) is 374 Å². The summed E-state index contributed by atoms with van der Waals surface area (Å²) in [5.74, 6) is -1.36. The van der Waals surface area contributed by atoms with Crippen molar-refractivity contribution in [2.24, 2.45) is 5.92 Å². The third-order valence-electron chi connectivity index (χ3n) is 19.5. The second-order valence-corrected chi connectivity index (χ2v) is 32.7. The van der Waals surface area contributed by atoms with Crippen molar-refractivity contribution in [2.45, 2.75) is 445 Å². The van der Waals surface area contributed by atoms with Crippen molar-refractivity contribution in [3.8, 4) is 0 Å². The summed E-state index contributed by atoms with van der Waals surface area (Å²) in [6.07, 6.45) is 71.6. The van der Waals surface area contributed by atoms with Crippen LogP contribution in [0.15, 0.2) is 24.3 Å². The molecule has 3 N–H and O–H groups in total. The molecule has 608 valence electrons. The molecule has 0 saturated heterocycles. The Morgan fingerprint density at radius 1 is 0.311 bits per heavy atom. The highest BCUT2D eigenvalue weighted by molar-refractivity contribution is 7.47. The molecule has 0 aromatic carbocycles. The fourth-order valence-electron chi connectivity index (χ4n) is 12.5. The zero-order chi connectivity index (χ0) is 75.5. The predicted octanol–water partition coefficient (Wildman–Crippen LogP) is 25.1. The smallest absolute Gasteiger partial charge is 0.462 e. The molecule has 0 saturated carbocycles. The van der Waals surface area contributed by atoms with Crippen LogP contribution in [0.1, 0.15) is 426 Å². The first-order valence-electron chi connectivity index (χ1n) is 43.0. The van der Waals surface area contributed by atoms with Gasteiger partial charge in [0, 0.05) is 25.7 Å². The van der Waals surface area contributed by atoms with E-state index in [2.05, 4.69) is 58.9 Å². The number of hydrogen-bond acceptors (Lipinski definition) is 15. The molecule has 0 aliphatic heterocycles. The Morgan fingerprint density at radius 3 is 0.825 bits per heavy atom. The zero-order valence-electron chi connectivity index (χ0n) is 66.9. The fourth-order valence-corrected chi connectivity index (χ4v) is 14.1. The average molecular weight is 1500 g/mol. The monoisotopic (exact) mass is 1500 g/mol. The number of hydrogen-bond donors (Lipinski definition) is 3. The van der Waals surface area contributed by atoms with Crippen LogP contribution in [-0.4, -0.2) is 96.7 Å². The minimum atomic E-state index is -4.97. The number of esters is 4. The molecule has 0 radical (unpaired) electrons. The van der Waals surface area contributed by atoms with Gasteiger partial charge in [-0.3, -0.25) is 37.3 Å². The molecule has 19 heteroatoms. The van der Waals surface area contributed by atoms with E-state index in [0.29, 0.717) is 25.7 Å². The molecule has 0 bridgehead atoms. The van der Waals surface area contributed by atoms with Gasteiger partial charge in [-0.2, -0.15) is 0 Å². The number of phosphoric acid groups is 2. The van der Waals surface area contributed by atoms with E-state index in [-0.39, 0.29) is 25.7 Å². The van der Waals surface area contributed by atoms with Gasteiger partial charge >= 0.3 is 39.5 Å². The number of ether oxygens (including phenoxy) is 4. The Hall–Kier alpha value is -2.46. The highest BCUT2D eigenvalue weighted by Gasteiger charge is 2.30. The van der Waals surface area contributed by atoms with Gasteiger partial charge in [-0.25, -0.2) is 9.13 Å². The lowest BCUT2D eigenvalue weighted by Gasteiger charge is -2.21. The highest BCUT2D eigenvalue weighted by atomic mass is 31.2. The van der Waals surface area contributed by atoms with Crippen molar-refractivity contribution in [3.05, 3.63) is 24.3 Å². The first kappa shape index (κ1) is 101. The van der Waals surface area contributed by atoms with E-state index in [1.54, 1.807) is 0 Å². The molecule has 0 aromatic heterocycles. The summed E-state index contributed by atoms with van der Waals surface area (Å²) < 4.78 is 68.8. The Labute approximate surface area is 631 Å². The van der Waals surface area contributed by atoms with Crippen LogP contribution in [0.25, 0.3) is 0 Å². The Morgan fingerprint density at radius 2 is 0.544 bits per heavy atom. The average Bonchev–Trinajstić information content (AvgIpc) is 0.917. The molecule has 0 spiro atoms. The number of phosphoric ester groups is 2. The Bertz CT molecular complexity index is 2060. The predicted molar refractivity (Wildman–Crippen MR) is 423 cm³/mol. The minimum absolute atomic E-state index is 0.102. The highest BCUT2D eigenvalue weighted by Crippen LogP contribution is 2.45. The summed E-state index contributed by atoms with van der Waals surface area (Å²) >= 11 is 0. The van der Waals surface area contributed by atoms with Gasteiger partial charge in [0.05, 0.1) is 26.4 Å². The van der Waals surface area contributed by atoms with E-state index in [0.717, 1.165) is 115 Å². The van der Waals surface area contributed by atoms with Gasteiger partial charge in [-0.15, -0.1) is 0 Å². The van der Waals surface area contributed by atoms with Crippen molar-refractivity contribution in [2.75, 3.05) is 39.6 Å². The van der Waals surface area contributed by atoms with E-state index in [9.17, 15) is 43.2 Å². The minimum Gasteiger partial charge on any atom is -0.462 e. The molecule has 0 heterocycles. The van der Waals surface area contributed by atoms with Gasteiger partial charge in [-0.05, 0) is 57.3 Å². The first-order chi connectivity index (χ1) is 50.1. The van der Waals surface area contributed by atoms with Gasteiger partial charge in [0.1, 0.15) is 19.3 Å². The van der Waals surface area contributed by atoms with E-state index >= 15 is 0 Å². The molecule has 0 aliphatic rings. The molecule has 0 aromatic rings. The van der Waals surface area contributed by atoms with Gasteiger partial charge in [0.2, 0.25) is 0 Å². The van der Waals surface area contributed by atoms with Crippen molar-refractivity contribution in [3.63, 3.8) is 0 Å². The second kappa shape index (κ2) is 76.3. The lowest BCUT2D eigenvalue weighted by atomic mass is 9.99. The van der Waals surface area contributed by atoms with Gasteiger partial charge in [0.25, 0.3) is 0 Å². The number of carbonyl (C=O) groups excluding carboxylic acids is 4. The molecule has 103 heavy (non-hydrogen) atoms. The summed E-state index contributed by atoms with van der Waals surface area (Å²) in [4.78, 5) is 73.1. The molecular formula is C84H160O17P2. The number of aliphatic hydroxyl groups is 1. The van der Waals surface area contributed by atoms with Crippen LogP contribution in [-0.2, 0) is 65.4 Å². The van der Waals surface area contributed by atoms with Crippen LogP contribution >= 0.6 is 15.6 Å². The molecular weight excluding hydrogens is 1340 g/mol. The van der Waals surface area contributed by atoms with Crippen LogP contribution in [0.3, 0.4) is 0 Å². The quantitative estimate of drug-likeness (QED) is 0.0169. The molecule has 0 rings (SSSR count). The molecule has 17 nitrogen and oxygen atoms in total. The first-order valence-corrected chi connectivity index (χ1v) is 46.0. The fraction of sp³-hybridized carbons (Fsp3) is 0.905. The third kappa shape index (κ3) is 76.1. The topological polar surface area (TPSA) is 237 Å². The molecule has 0 amide bonds. The third-order valence-corrected chi connectivity index (χ3v) is 21.4. The summed E-state index contributed by atoms with van der Waals surface area (Å²) in [5, 5.41) is 10.7. The Balaban J connectivity index is 5.26. The van der Waals surface area contributed by atoms with Crippen LogP contribution in [0.4, 0.5) is 0 Å². The summed E-state index contributed by atoms with van der Waals surface area (Å²) in [5.41, 5.74) is 0. The van der Waals surface area contributed by atoms with Crippen molar-refractivity contribution >= 4 is 39.5 Å². The molecule has 6 atom stereocenters. The van der Waals surface area contributed by atoms with Crippen LogP contribution in [0.2, 0.25) is 0 Å². The maximum Gasteiger partial charge on any atom is 0.472 e. The zero-order valence-corrected chi connectivity index (χ0v) is 68.7. The van der Waals surface area contributed by atoms with E-state index in [1.807, 2.05) is 0 Å². The van der Waals surface area contributed by atoms with Crippen LogP contribution in [0.5, 0.6) is 0 Å². The van der Waals surface area contributed by atoms with Crippen LogP contribution < -0.4 is 0 Å². The number of rotatable bonds is 82. The molecule has 3 unspecified atom stereocenters. The van der Waals surface area contributed by atoms with Gasteiger partial charge < -0.3 is 33.8 Å². The maximum atomic E-state index is 13.1. The van der Waals surface area contributed by atoms with E-state index in [1.165, 1.54) is 231 Å². The summed E-state index contributed by atoms with van der Waals surface area (Å²) in [6.45, 7) is 7.28. The summed E-state index contributed by atoms with van der Waals surface area (Å²) in [6, 6.07) is 0. The number of unbranched alkanes of at least 4 members (excludes halogenated alkanes) is 50. The van der Waals surface area contributed by atoms with Gasteiger partial charge in [0.15, 0.2) is 12.2 Å². The van der Waals surface area contributed by atoms with E-state index in [4.69, 9.17) is 37.0 Å². The standard InChI is InChI=1S/C84H160O17P2/c1-6-10-13-16-19-22-25-28-31-32-33-34-35-36-37-39-42-45-48-55-60-65-70-84(89)100-79(73-94-81(86)67-62-57-52-46-43-41-38-29-26-23-20-17-14-11-7-2)75-98-102(90,91)96-71-78(85)72-97-103(92,93)99-76-80(74-95-82(87)68-63-58-53-50-49-51-56-61-66-77(5)9-4)101-83(88)69-64-59-54-47-44-40-30-27-24-21-18-15-12-8-3/h23,26,29,38,77-80,85H,6-22,24-25,27-28,30-37,39-76H2,1-5H3,(H,90,91)(H,92,93)/b26-23-,38-29-/t77?,78-,79-,80-/m1/s1. The second-order valence-electron chi connectivity index (χ2n) is 29.8. The van der Waals surface area contributed by atoms with Crippen LogP contribution in [0, 0.1) is 5.92 Å². The normalized spacial score (nSPS) is 14.2. The lowest BCUT2D eigenvalue weighted by molar-refractivity contribution is -0.161. The Kier molecular flexibility index (Phi) is 74.5. The SMILES string of the molecule is CCCCCC/C=C\C=C/CCCCCCCC(=O)OC[C@H](COP(=O)(O)OC[C@@H](O)COP(=O)(O)OC[C@@H](COC(=O)CCCCCCCCCCC(C)CC)OC(=O)CCCCCCCCCCCCCCCC)OC(=O)CCCCCCCCCCCCCCCCCCCCCCCC. The number of allylic oxidation sites excluding steroid dienone is 4.